The molecule has 0 saturated carbocycles. The van der Waals surface area contributed by atoms with Gasteiger partial charge in [-0.1, -0.05) is 47.2 Å². The van der Waals surface area contributed by atoms with Gasteiger partial charge in [-0.15, -0.1) is 0 Å². The molecule has 3 heterocycles. The lowest BCUT2D eigenvalue weighted by Gasteiger charge is -2.19. The zero-order valence-electron chi connectivity index (χ0n) is 16.9. The Balaban J connectivity index is 1.65. The molecule has 0 N–H and O–H groups in total. The lowest BCUT2D eigenvalue weighted by Crippen LogP contribution is -2.31. The second-order valence-corrected chi connectivity index (χ2v) is 8.61. The van der Waals surface area contributed by atoms with Gasteiger partial charge in [0.05, 0.1) is 32.9 Å². The van der Waals surface area contributed by atoms with Gasteiger partial charge < -0.3 is 4.42 Å². The van der Waals surface area contributed by atoms with Crippen LogP contribution in [0.4, 0.5) is 5.13 Å². The highest BCUT2D eigenvalue weighted by molar-refractivity contribution is 7.23. The third kappa shape index (κ3) is 3.66. The Morgan fingerprint density at radius 1 is 1.12 bits per heavy atom. The largest absolute Gasteiger partial charge is 0.451 e. The van der Waals surface area contributed by atoms with Gasteiger partial charge in [0, 0.05) is 12.3 Å². The van der Waals surface area contributed by atoms with Gasteiger partial charge in [0.2, 0.25) is 0 Å². The van der Waals surface area contributed by atoms with Gasteiger partial charge in [-0.2, -0.15) is 0 Å². The zero-order chi connectivity index (χ0) is 22.2. The van der Waals surface area contributed by atoms with Crippen molar-refractivity contribution in [3.8, 4) is 0 Å². The molecule has 0 atom stereocenters. The fraction of sp³-hybridized carbons (Fsp3) is 0.0833. The molecule has 8 heteroatoms. The fourth-order valence-corrected chi connectivity index (χ4v) is 4.74. The Morgan fingerprint density at radius 3 is 2.72 bits per heavy atom. The van der Waals surface area contributed by atoms with Crippen LogP contribution in [0, 0.1) is 6.92 Å². The first kappa shape index (κ1) is 20.4. The smallest absolute Gasteiger partial charge is 0.296 e. The number of nitrogens with zero attached hydrogens (tertiary/aromatic N) is 3. The highest BCUT2D eigenvalue weighted by Crippen LogP contribution is 2.36. The molecule has 1 amide bonds. The average Bonchev–Trinajstić information content (AvgIpc) is 3.27. The number of rotatable bonds is 4. The minimum absolute atomic E-state index is 0.0632. The summed E-state index contributed by atoms with van der Waals surface area (Å²) in [7, 11) is 0. The van der Waals surface area contributed by atoms with Crippen LogP contribution in [0.3, 0.4) is 0 Å². The van der Waals surface area contributed by atoms with Crippen LogP contribution >= 0.6 is 22.9 Å². The monoisotopic (exact) mass is 461 g/mol. The second kappa shape index (κ2) is 8.18. The average molecular weight is 462 g/mol. The predicted octanol–water partition coefficient (Wildman–Crippen LogP) is 5.61. The van der Waals surface area contributed by atoms with Crippen LogP contribution in [-0.2, 0) is 6.54 Å². The van der Waals surface area contributed by atoms with E-state index in [1.165, 1.54) is 22.3 Å². The molecule has 0 radical (unpaired) electrons. The third-order valence-corrected chi connectivity index (χ3v) is 6.59. The molecular weight excluding hydrogens is 446 g/mol. The lowest BCUT2D eigenvalue weighted by molar-refractivity contribution is 0.0958. The zero-order valence-corrected chi connectivity index (χ0v) is 18.5. The minimum Gasteiger partial charge on any atom is -0.451 e. The number of thiazole rings is 1. The quantitative estimate of drug-likeness (QED) is 0.348. The van der Waals surface area contributed by atoms with E-state index in [2.05, 4.69) is 4.98 Å². The first-order valence-electron chi connectivity index (χ1n) is 9.81. The van der Waals surface area contributed by atoms with Crippen molar-refractivity contribution in [1.29, 1.82) is 0 Å². The van der Waals surface area contributed by atoms with E-state index in [4.69, 9.17) is 21.0 Å². The summed E-state index contributed by atoms with van der Waals surface area (Å²) >= 11 is 7.70. The molecule has 3 aromatic heterocycles. The van der Waals surface area contributed by atoms with Crippen LogP contribution in [0.2, 0.25) is 5.02 Å². The Morgan fingerprint density at radius 2 is 1.94 bits per heavy atom. The number of aromatic nitrogens is 2. The van der Waals surface area contributed by atoms with Crippen molar-refractivity contribution in [2.24, 2.45) is 0 Å². The molecule has 0 spiro atoms. The van der Waals surface area contributed by atoms with Crippen LogP contribution in [0.15, 0.2) is 76.1 Å². The number of pyridine rings is 1. The number of carbonyl (C=O) groups is 1. The number of benzene rings is 2. The summed E-state index contributed by atoms with van der Waals surface area (Å²) in [6.45, 7) is 2.10. The van der Waals surface area contributed by atoms with Gasteiger partial charge in [0.1, 0.15) is 5.58 Å². The number of aryl methyl sites for hydroxylation is 1. The number of para-hydroxylation sites is 1. The van der Waals surface area contributed by atoms with Crippen LogP contribution in [0.25, 0.3) is 21.2 Å². The topological polar surface area (TPSA) is 76.3 Å². The van der Waals surface area contributed by atoms with E-state index in [1.807, 2.05) is 31.2 Å². The standard InChI is InChI=1S/C24H16ClN3O3S/c1-14-9-10-17(25)22-21(14)27-24(32-22)28(13-15-6-4-5-11-26-15)23(30)20-12-18(29)16-7-2-3-8-19(16)31-20/h2-12H,13H2,1H3. The number of carbonyl (C=O) groups excluding carboxylic acids is 1. The van der Waals surface area contributed by atoms with Crippen molar-refractivity contribution in [1.82, 2.24) is 9.97 Å². The first-order chi connectivity index (χ1) is 15.5. The summed E-state index contributed by atoms with van der Waals surface area (Å²) in [4.78, 5) is 36.7. The second-order valence-electron chi connectivity index (χ2n) is 7.22. The number of halogens is 1. The van der Waals surface area contributed by atoms with Gasteiger partial charge in [-0.25, -0.2) is 4.98 Å². The van der Waals surface area contributed by atoms with Crippen molar-refractivity contribution in [3.05, 3.63) is 99.1 Å². The molecule has 6 nitrogen and oxygen atoms in total. The molecule has 0 unspecified atom stereocenters. The van der Waals surface area contributed by atoms with Crippen molar-refractivity contribution in [2.45, 2.75) is 13.5 Å². The van der Waals surface area contributed by atoms with E-state index in [1.54, 1.807) is 36.5 Å². The molecule has 0 aliphatic carbocycles. The van der Waals surface area contributed by atoms with Gasteiger partial charge in [-0.3, -0.25) is 19.5 Å². The SMILES string of the molecule is Cc1ccc(Cl)c2sc(N(Cc3ccccn3)C(=O)c3cc(=O)c4ccccc4o3)nc12. The van der Waals surface area contributed by atoms with Crippen molar-refractivity contribution >= 4 is 55.2 Å². The Labute approximate surface area is 191 Å². The van der Waals surface area contributed by atoms with Crippen molar-refractivity contribution < 1.29 is 9.21 Å². The number of hydrogen-bond donors (Lipinski definition) is 0. The van der Waals surface area contributed by atoms with E-state index >= 15 is 0 Å². The van der Waals surface area contributed by atoms with E-state index < -0.39 is 5.91 Å². The molecule has 0 aliphatic heterocycles. The maximum Gasteiger partial charge on any atom is 0.296 e. The first-order valence-corrected chi connectivity index (χ1v) is 11.0. The highest BCUT2D eigenvalue weighted by Gasteiger charge is 2.26. The fourth-order valence-electron chi connectivity index (χ4n) is 3.43. The molecule has 2 aromatic carbocycles. The molecule has 0 fully saturated rings. The number of fused-ring (bicyclic) bond motifs is 2. The molecule has 0 aliphatic rings. The maximum absolute atomic E-state index is 13.6. The molecule has 32 heavy (non-hydrogen) atoms. The normalized spacial score (nSPS) is 11.2. The van der Waals surface area contributed by atoms with Gasteiger partial charge >= 0.3 is 0 Å². The Kier molecular flexibility index (Phi) is 5.20. The summed E-state index contributed by atoms with van der Waals surface area (Å²) < 4.78 is 6.60. The van der Waals surface area contributed by atoms with Crippen molar-refractivity contribution in [3.63, 3.8) is 0 Å². The van der Waals surface area contributed by atoms with E-state index in [0.717, 1.165) is 15.8 Å². The summed E-state index contributed by atoms with van der Waals surface area (Å²) in [5.41, 5.74) is 2.43. The number of amides is 1. The van der Waals surface area contributed by atoms with Crippen LogP contribution in [0.5, 0.6) is 0 Å². The number of anilines is 1. The molecule has 5 rings (SSSR count). The third-order valence-electron chi connectivity index (χ3n) is 5.05. The minimum atomic E-state index is -0.480. The Hall–Kier alpha value is -3.55. The van der Waals surface area contributed by atoms with Gasteiger partial charge in [-0.05, 0) is 42.8 Å². The molecule has 158 valence electrons. The van der Waals surface area contributed by atoms with E-state index in [0.29, 0.717) is 26.8 Å². The van der Waals surface area contributed by atoms with Crippen molar-refractivity contribution in [2.75, 3.05) is 4.90 Å². The predicted molar refractivity (Wildman–Crippen MR) is 127 cm³/mol. The molecular formula is C24H16ClN3O3S. The number of hydrogen-bond acceptors (Lipinski definition) is 6. The van der Waals surface area contributed by atoms with Crippen LogP contribution in [0.1, 0.15) is 21.8 Å². The summed E-state index contributed by atoms with van der Waals surface area (Å²) in [5.74, 6) is -0.543. The van der Waals surface area contributed by atoms with Crippen LogP contribution in [-0.4, -0.2) is 15.9 Å². The maximum atomic E-state index is 13.6. The highest BCUT2D eigenvalue weighted by atomic mass is 35.5. The van der Waals surface area contributed by atoms with Gasteiger partial charge in [0.15, 0.2) is 16.3 Å². The van der Waals surface area contributed by atoms with Crippen LogP contribution < -0.4 is 10.3 Å². The summed E-state index contributed by atoms with van der Waals surface area (Å²) in [6, 6.07) is 17.2. The summed E-state index contributed by atoms with van der Waals surface area (Å²) in [5, 5.41) is 1.43. The van der Waals surface area contributed by atoms with E-state index in [9.17, 15) is 9.59 Å². The Bertz CT molecular complexity index is 1490. The van der Waals surface area contributed by atoms with Gasteiger partial charge in [0.25, 0.3) is 5.91 Å². The molecule has 0 bridgehead atoms. The van der Waals surface area contributed by atoms with E-state index in [-0.39, 0.29) is 17.7 Å². The lowest BCUT2D eigenvalue weighted by atomic mass is 10.2. The molecule has 5 aromatic rings. The molecule has 0 saturated heterocycles. The summed E-state index contributed by atoms with van der Waals surface area (Å²) in [6.07, 6.45) is 1.66.